The van der Waals surface area contributed by atoms with Crippen molar-refractivity contribution in [3.63, 3.8) is 0 Å². The molecule has 2 aliphatic rings. The summed E-state index contributed by atoms with van der Waals surface area (Å²) in [5, 5.41) is 6.57. The summed E-state index contributed by atoms with van der Waals surface area (Å²) in [7, 11) is 2.15. The molecular weight excluding hydrogens is 262 g/mol. The normalized spacial score (nSPS) is 26.2. The van der Waals surface area contributed by atoms with Crippen LogP contribution in [0.4, 0.5) is 0 Å². The van der Waals surface area contributed by atoms with E-state index in [1.807, 2.05) is 6.07 Å². The topological polar surface area (TPSA) is 44.4 Å². The van der Waals surface area contributed by atoms with Gasteiger partial charge in [0.2, 0.25) is 0 Å². The van der Waals surface area contributed by atoms with Crippen molar-refractivity contribution in [2.75, 3.05) is 20.1 Å². The van der Waals surface area contributed by atoms with Gasteiger partial charge in [0.25, 0.3) is 5.91 Å². The molecular formula is C17H25N3O. The Kier molecular flexibility index (Phi) is 4.27. The van der Waals surface area contributed by atoms with E-state index in [2.05, 4.69) is 41.6 Å². The highest BCUT2D eigenvalue weighted by Gasteiger charge is 2.24. The van der Waals surface area contributed by atoms with Crippen molar-refractivity contribution in [1.29, 1.82) is 0 Å². The van der Waals surface area contributed by atoms with Gasteiger partial charge in [0, 0.05) is 30.7 Å². The summed E-state index contributed by atoms with van der Waals surface area (Å²) in [4.78, 5) is 14.8. The Balaban J connectivity index is 1.65. The van der Waals surface area contributed by atoms with Crippen LogP contribution >= 0.6 is 0 Å². The molecule has 2 aliphatic heterocycles. The second-order valence-corrected chi connectivity index (χ2v) is 6.43. The van der Waals surface area contributed by atoms with E-state index in [1.165, 1.54) is 11.1 Å². The molecule has 1 aromatic rings. The van der Waals surface area contributed by atoms with E-state index in [4.69, 9.17) is 0 Å². The molecule has 4 nitrogen and oxygen atoms in total. The molecule has 2 atom stereocenters. The fourth-order valence-corrected chi connectivity index (χ4v) is 3.31. The van der Waals surface area contributed by atoms with Crippen molar-refractivity contribution >= 4 is 5.91 Å². The molecule has 0 saturated carbocycles. The van der Waals surface area contributed by atoms with Crippen molar-refractivity contribution in [2.24, 2.45) is 0 Å². The zero-order valence-corrected chi connectivity index (χ0v) is 13.0. The number of nitrogens with one attached hydrogen (secondary N) is 2. The molecule has 0 aromatic heterocycles. The van der Waals surface area contributed by atoms with Crippen LogP contribution in [0.15, 0.2) is 18.2 Å². The first-order valence-electron chi connectivity index (χ1n) is 7.97. The standard InChI is InChI=1S/C17H25N3O/c1-12-9-16(6-8-20(12)2)19-17(21)14-4-3-13-5-7-18-11-15(13)10-14/h3-4,10,12,16,18H,5-9,11H2,1-2H3,(H,19,21). The molecule has 1 fully saturated rings. The summed E-state index contributed by atoms with van der Waals surface area (Å²) in [6, 6.07) is 6.98. The lowest BCUT2D eigenvalue weighted by atomic mass is 9.96. The van der Waals surface area contributed by atoms with Crippen LogP contribution in [0, 0.1) is 0 Å². The Morgan fingerprint density at radius 2 is 2.24 bits per heavy atom. The smallest absolute Gasteiger partial charge is 0.251 e. The minimum absolute atomic E-state index is 0.0742. The zero-order chi connectivity index (χ0) is 14.8. The van der Waals surface area contributed by atoms with Crippen LogP contribution in [0.1, 0.15) is 41.3 Å². The monoisotopic (exact) mass is 287 g/mol. The van der Waals surface area contributed by atoms with Crippen LogP contribution in [-0.2, 0) is 13.0 Å². The van der Waals surface area contributed by atoms with Gasteiger partial charge in [-0.15, -0.1) is 0 Å². The number of nitrogens with zero attached hydrogens (tertiary/aromatic N) is 1. The number of carbonyl (C=O) groups excluding carboxylic acids is 1. The van der Waals surface area contributed by atoms with E-state index < -0.39 is 0 Å². The highest BCUT2D eigenvalue weighted by Crippen LogP contribution is 2.18. The third-order valence-electron chi connectivity index (χ3n) is 4.90. The number of rotatable bonds is 2. The van der Waals surface area contributed by atoms with E-state index in [9.17, 15) is 4.79 Å². The van der Waals surface area contributed by atoms with E-state index in [-0.39, 0.29) is 5.91 Å². The van der Waals surface area contributed by atoms with Crippen molar-refractivity contribution in [1.82, 2.24) is 15.5 Å². The molecule has 4 heteroatoms. The summed E-state index contributed by atoms with van der Waals surface area (Å²) in [6.45, 7) is 5.19. The molecule has 21 heavy (non-hydrogen) atoms. The maximum atomic E-state index is 12.4. The number of fused-ring (bicyclic) bond motifs is 1. The van der Waals surface area contributed by atoms with Crippen LogP contribution in [0.5, 0.6) is 0 Å². The predicted molar refractivity (Wildman–Crippen MR) is 84.4 cm³/mol. The predicted octanol–water partition coefficient (Wildman–Crippen LogP) is 1.54. The Bertz CT molecular complexity index is 529. The lowest BCUT2D eigenvalue weighted by Crippen LogP contribution is -2.47. The first-order chi connectivity index (χ1) is 10.1. The molecule has 3 rings (SSSR count). The molecule has 0 aliphatic carbocycles. The van der Waals surface area contributed by atoms with Crippen molar-refractivity contribution in [3.8, 4) is 0 Å². The van der Waals surface area contributed by atoms with Gasteiger partial charge in [-0.3, -0.25) is 4.79 Å². The molecule has 1 aromatic carbocycles. The number of hydrogen-bond acceptors (Lipinski definition) is 3. The average Bonchev–Trinajstić information content (AvgIpc) is 2.50. The Hall–Kier alpha value is -1.39. The lowest BCUT2D eigenvalue weighted by molar-refractivity contribution is 0.0896. The largest absolute Gasteiger partial charge is 0.349 e. The molecule has 2 N–H and O–H groups in total. The van der Waals surface area contributed by atoms with Crippen molar-refractivity contribution in [2.45, 2.75) is 44.8 Å². The Morgan fingerprint density at radius 3 is 3.05 bits per heavy atom. The molecule has 0 radical (unpaired) electrons. The number of piperidine rings is 1. The van der Waals surface area contributed by atoms with E-state index in [0.717, 1.165) is 44.5 Å². The van der Waals surface area contributed by atoms with Gasteiger partial charge in [-0.1, -0.05) is 6.07 Å². The van der Waals surface area contributed by atoms with E-state index in [1.54, 1.807) is 0 Å². The quantitative estimate of drug-likeness (QED) is 0.867. The molecule has 114 valence electrons. The SMILES string of the molecule is CC1CC(NC(=O)c2ccc3c(c2)CNCC3)CCN1C. The molecule has 1 saturated heterocycles. The number of carbonyl (C=O) groups is 1. The highest BCUT2D eigenvalue weighted by molar-refractivity contribution is 5.94. The van der Waals surface area contributed by atoms with Crippen LogP contribution in [0.3, 0.4) is 0 Å². The maximum absolute atomic E-state index is 12.4. The van der Waals surface area contributed by atoms with Gasteiger partial charge in [-0.25, -0.2) is 0 Å². The number of benzene rings is 1. The summed E-state index contributed by atoms with van der Waals surface area (Å²) >= 11 is 0. The maximum Gasteiger partial charge on any atom is 0.251 e. The first-order valence-corrected chi connectivity index (χ1v) is 7.97. The third-order valence-corrected chi connectivity index (χ3v) is 4.90. The van der Waals surface area contributed by atoms with Gasteiger partial charge in [0.15, 0.2) is 0 Å². The van der Waals surface area contributed by atoms with Gasteiger partial charge in [-0.2, -0.15) is 0 Å². The fourth-order valence-electron chi connectivity index (χ4n) is 3.31. The number of hydrogen-bond donors (Lipinski definition) is 2. The molecule has 2 heterocycles. The molecule has 2 unspecified atom stereocenters. The Morgan fingerprint density at radius 1 is 1.38 bits per heavy atom. The van der Waals surface area contributed by atoms with Gasteiger partial charge in [0.05, 0.1) is 0 Å². The number of likely N-dealkylation sites (tertiary alicyclic amines) is 1. The molecule has 0 bridgehead atoms. The van der Waals surface area contributed by atoms with Crippen LogP contribution in [-0.4, -0.2) is 43.0 Å². The van der Waals surface area contributed by atoms with Crippen LogP contribution in [0.2, 0.25) is 0 Å². The summed E-state index contributed by atoms with van der Waals surface area (Å²) in [6.07, 6.45) is 3.14. The minimum Gasteiger partial charge on any atom is -0.349 e. The molecule has 1 amide bonds. The third kappa shape index (κ3) is 3.27. The van der Waals surface area contributed by atoms with Gasteiger partial charge in [-0.05, 0) is 63.0 Å². The van der Waals surface area contributed by atoms with E-state index >= 15 is 0 Å². The minimum atomic E-state index is 0.0742. The second-order valence-electron chi connectivity index (χ2n) is 6.43. The lowest BCUT2D eigenvalue weighted by Gasteiger charge is -2.35. The fraction of sp³-hybridized carbons (Fsp3) is 0.588. The van der Waals surface area contributed by atoms with Gasteiger partial charge >= 0.3 is 0 Å². The van der Waals surface area contributed by atoms with Crippen LogP contribution < -0.4 is 10.6 Å². The summed E-state index contributed by atoms with van der Waals surface area (Å²) in [5.41, 5.74) is 3.44. The second kappa shape index (κ2) is 6.16. The van der Waals surface area contributed by atoms with E-state index in [0.29, 0.717) is 12.1 Å². The van der Waals surface area contributed by atoms with Gasteiger partial charge in [0.1, 0.15) is 0 Å². The first kappa shape index (κ1) is 14.5. The summed E-state index contributed by atoms with van der Waals surface area (Å²) < 4.78 is 0. The summed E-state index contributed by atoms with van der Waals surface area (Å²) in [5.74, 6) is 0.0742. The Labute approximate surface area is 126 Å². The van der Waals surface area contributed by atoms with Crippen molar-refractivity contribution in [3.05, 3.63) is 34.9 Å². The number of amides is 1. The van der Waals surface area contributed by atoms with Gasteiger partial charge < -0.3 is 15.5 Å². The average molecular weight is 287 g/mol. The highest BCUT2D eigenvalue weighted by atomic mass is 16.1. The van der Waals surface area contributed by atoms with Crippen molar-refractivity contribution < 1.29 is 4.79 Å². The van der Waals surface area contributed by atoms with Crippen LogP contribution in [0.25, 0.3) is 0 Å². The molecule has 0 spiro atoms. The zero-order valence-electron chi connectivity index (χ0n) is 13.0.